The lowest BCUT2D eigenvalue weighted by Gasteiger charge is -2.18. The van der Waals surface area contributed by atoms with Crippen LogP contribution in [0.4, 0.5) is 0 Å². The predicted octanol–water partition coefficient (Wildman–Crippen LogP) is 24.6. The molecule has 466 valence electrons. The van der Waals surface area contributed by atoms with E-state index in [2.05, 4.69) is 45.1 Å². The quantitative estimate of drug-likeness (QED) is 0.0261. The Bertz CT molecular complexity index is 1270. The molecular formula is C73H138O6. The fraction of sp³-hybridized carbons (Fsp3) is 0.904. The maximum Gasteiger partial charge on any atom is 0.306 e. The number of carbonyl (C=O) groups is 3. The average molecular weight is 1110 g/mol. The minimum atomic E-state index is -0.764. The summed E-state index contributed by atoms with van der Waals surface area (Å²) in [6.45, 7) is 6.65. The van der Waals surface area contributed by atoms with Crippen molar-refractivity contribution in [2.75, 3.05) is 13.2 Å². The van der Waals surface area contributed by atoms with Gasteiger partial charge in [0.2, 0.25) is 0 Å². The predicted molar refractivity (Wildman–Crippen MR) is 344 cm³/mol. The number of unbranched alkanes of at least 4 members (excludes halogenated alkanes) is 52. The van der Waals surface area contributed by atoms with Gasteiger partial charge in [-0.3, -0.25) is 14.4 Å². The van der Waals surface area contributed by atoms with Crippen molar-refractivity contribution in [1.82, 2.24) is 0 Å². The van der Waals surface area contributed by atoms with Gasteiger partial charge in [-0.15, -0.1) is 0 Å². The lowest BCUT2D eigenvalue weighted by atomic mass is 10.0. The van der Waals surface area contributed by atoms with Crippen molar-refractivity contribution < 1.29 is 28.6 Å². The van der Waals surface area contributed by atoms with Gasteiger partial charge in [-0.1, -0.05) is 360 Å². The number of hydrogen-bond acceptors (Lipinski definition) is 6. The summed E-state index contributed by atoms with van der Waals surface area (Å²) in [5.41, 5.74) is 0. The summed E-state index contributed by atoms with van der Waals surface area (Å²) in [5.74, 6) is -0.843. The van der Waals surface area contributed by atoms with Gasteiger partial charge in [-0.2, -0.15) is 0 Å². The Morgan fingerprint density at radius 3 is 0.696 bits per heavy atom. The van der Waals surface area contributed by atoms with E-state index in [0.717, 1.165) is 64.2 Å². The van der Waals surface area contributed by atoms with Gasteiger partial charge in [-0.05, 0) is 51.4 Å². The van der Waals surface area contributed by atoms with E-state index >= 15 is 0 Å². The molecule has 0 saturated carbocycles. The maximum absolute atomic E-state index is 12.9. The fourth-order valence-electron chi connectivity index (χ4n) is 11.1. The van der Waals surface area contributed by atoms with E-state index in [1.165, 1.54) is 302 Å². The molecule has 0 spiro atoms. The SMILES string of the molecule is CCCCCCC/C=C\C/C=C\CCCCCCCCCCCCCCCCCCCCCCCC(=O)OCC(COC(=O)CCCCCCCC)OC(=O)CCCCCCCCCCCCCCCCCCCCCCCC. The molecule has 0 aromatic heterocycles. The summed E-state index contributed by atoms with van der Waals surface area (Å²) in [6.07, 6.45) is 84.1. The molecule has 0 saturated heterocycles. The first-order valence-corrected chi connectivity index (χ1v) is 35.8. The zero-order valence-electron chi connectivity index (χ0n) is 53.7. The summed E-state index contributed by atoms with van der Waals surface area (Å²) in [5, 5.41) is 0. The molecule has 0 aromatic carbocycles. The van der Waals surface area contributed by atoms with Crippen LogP contribution in [-0.2, 0) is 28.6 Å². The number of allylic oxidation sites excluding steroid dienone is 4. The van der Waals surface area contributed by atoms with Crippen LogP contribution in [-0.4, -0.2) is 37.2 Å². The molecule has 0 bridgehead atoms. The van der Waals surface area contributed by atoms with E-state index in [9.17, 15) is 14.4 Å². The highest BCUT2D eigenvalue weighted by atomic mass is 16.6. The molecule has 0 aromatic rings. The Balaban J connectivity index is 3.92. The molecule has 0 amide bonds. The average Bonchev–Trinajstić information content (AvgIpc) is 3.45. The lowest BCUT2D eigenvalue weighted by molar-refractivity contribution is -0.167. The largest absolute Gasteiger partial charge is 0.462 e. The topological polar surface area (TPSA) is 78.9 Å². The Morgan fingerprint density at radius 1 is 0.253 bits per heavy atom. The van der Waals surface area contributed by atoms with E-state index < -0.39 is 6.10 Å². The van der Waals surface area contributed by atoms with Crippen molar-refractivity contribution in [2.24, 2.45) is 0 Å². The zero-order valence-corrected chi connectivity index (χ0v) is 53.7. The highest BCUT2D eigenvalue weighted by molar-refractivity contribution is 5.71. The van der Waals surface area contributed by atoms with Crippen LogP contribution >= 0.6 is 0 Å². The second-order valence-corrected chi connectivity index (χ2v) is 24.5. The zero-order chi connectivity index (χ0) is 57.1. The molecule has 79 heavy (non-hydrogen) atoms. The molecule has 0 fully saturated rings. The molecule has 0 N–H and O–H groups in total. The summed E-state index contributed by atoms with van der Waals surface area (Å²) < 4.78 is 16.9. The second-order valence-electron chi connectivity index (χ2n) is 24.5. The van der Waals surface area contributed by atoms with Gasteiger partial charge in [0.05, 0.1) is 0 Å². The van der Waals surface area contributed by atoms with Gasteiger partial charge in [0.25, 0.3) is 0 Å². The smallest absolute Gasteiger partial charge is 0.306 e. The third-order valence-corrected chi connectivity index (χ3v) is 16.5. The minimum Gasteiger partial charge on any atom is -0.462 e. The molecule has 0 aliphatic heterocycles. The Morgan fingerprint density at radius 2 is 0.456 bits per heavy atom. The van der Waals surface area contributed by atoms with Gasteiger partial charge < -0.3 is 14.2 Å². The van der Waals surface area contributed by atoms with Gasteiger partial charge in [0, 0.05) is 19.3 Å². The number of carbonyl (C=O) groups excluding carboxylic acids is 3. The first-order valence-electron chi connectivity index (χ1n) is 35.8. The summed E-state index contributed by atoms with van der Waals surface area (Å²) in [6, 6.07) is 0. The van der Waals surface area contributed by atoms with E-state index in [0.29, 0.717) is 19.3 Å². The standard InChI is InChI=1S/C73H138O6/c1-4-7-10-13-16-18-20-22-24-26-28-30-32-33-34-35-36-37-38-39-40-41-42-44-45-47-49-51-53-55-57-60-63-66-72(75)78-69-70(68-77-71(74)65-62-59-15-12-9-6-3)79-73(76)67-64-61-58-56-54-52-50-48-46-43-31-29-27-25-23-21-19-17-14-11-8-5-2/h20,22,26,28,70H,4-19,21,23-25,27,29-69H2,1-3H3/b22-20-,28-26-. The van der Waals surface area contributed by atoms with E-state index in [1.807, 2.05) is 0 Å². The van der Waals surface area contributed by atoms with Gasteiger partial charge in [0.15, 0.2) is 6.10 Å². The Hall–Kier alpha value is -2.11. The Kier molecular flexibility index (Phi) is 66.6. The van der Waals surface area contributed by atoms with Crippen molar-refractivity contribution in [3.63, 3.8) is 0 Å². The van der Waals surface area contributed by atoms with Crippen LogP contribution in [0.3, 0.4) is 0 Å². The van der Waals surface area contributed by atoms with Crippen molar-refractivity contribution in [3.05, 3.63) is 24.3 Å². The minimum absolute atomic E-state index is 0.0640. The first-order chi connectivity index (χ1) is 39.0. The fourth-order valence-corrected chi connectivity index (χ4v) is 11.1. The molecule has 1 unspecified atom stereocenters. The molecule has 0 radical (unpaired) electrons. The third-order valence-electron chi connectivity index (χ3n) is 16.5. The molecule has 6 heteroatoms. The van der Waals surface area contributed by atoms with Crippen LogP contribution in [0.1, 0.15) is 406 Å². The molecule has 1 atom stereocenters. The normalized spacial score (nSPS) is 12.1. The monoisotopic (exact) mass is 1110 g/mol. The molecule has 6 nitrogen and oxygen atoms in total. The summed E-state index contributed by atoms with van der Waals surface area (Å²) in [4.78, 5) is 38.1. The van der Waals surface area contributed by atoms with Crippen molar-refractivity contribution in [2.45, 2.75) is 412 Å². The van der Waals surface area contributed by atoms with E-state index in [-0.39, 0.29) is 31.1 Å². The van der Waals surface area contributed by atoms with Crippen LogP contribution in [0.2, 0.25) is 0 Å². The first kappa shape index (κ1) is 76.9. The van der Waals surface area contributed by atoms with Gasteiger partial charge in [-0.25, -0.2) is 0 Å². The number of hydrogen-bond donors (Lipinski definition) is 0. The van der Waals surface area contributed by atoms with E-state index in [4.69, 9.17) is 14.2 Å². The summed E-state index contributed by atoms with van der Waals surface area (Å²) in [7, 11) is 0. The Labute approximate surface area is 493 Å². The highest BCUT2D eigenvalue weighted by Gasteiger charge is 2.19. The maximum atomic E-state index is 12.9. The number of rotatable bonds is 67. The second kappa shape index (κ2) is 68.4. The van der Waals surface area contributed by atoms with Gasteiger partial charge in [0.1, 0.15) is 13.2 Å². The van der Waals surface area contributed by atoms with Crippen LogP contribution in [0.5, 0.6) is 0 Å². The molecular weight excluding hydrogens is 973 g/mol. The number of ether oxygens (including phenoxy) is 3. The number of esters is 3. The van der Waals surface area contributed by atoms with Crippen LogP contribution in [0.15, 0.2) is 24.3 Å². The third kappa shape index (κ3) is 66.6. The van der Waals surface area contributed by atoms with Crippen LogP contribution < -0.4 is 0 Å². The highest BCUT2D eigenvalue weighted by Crippen LogP contribution is 2.19. The molecule has 0 rings (SSSR count). The van der Waals surface area contributed by atoms with Crippen LogP contribution in [0, 0.1) is 0 Å². The van der Waals surface area contributed by atoms with Crippen LogP contribution in [0.25, 0.3) is 0 Å². The molecule has 0 aliphatic carbocycles. The molecule has 0 aliphatic rings. The van der Waals surface area contributed by atoms with Crippen molar-refractivity contribution in [1.29, 1.82) is 0 Å². The lowest BCUT2D eigenvalue weighted by Crippen LogP contribution is -2.30. The van der Waals surface area contributed by atoms with E-state index in [1.54, 1.807) is 0 Å². The van der Waals surface area contributed by atoms with Crippen molar-refractivity contribution >= 4 is 17.9 Å². The summed E-state index contributed by atoms with van der Waals surface area (Å²) >= 11 is 0. The molecule has 0 heterocycles. The van der Waals surface area contributed by atoms with Gasteiger partial charge >= 0.3 is 17.9 Å². The van der Waals surface area contributed by atoms with Crippen molar-refractivity contribution in [3.8, 4) is 0 Å².